The van der Waals surface area contributed by atoms with Gasteiger partial charge >= 0.3 is 0 Å². The number of para-hydroxylation sites is 1. The third-order valence-corrected chi connectivity index (χ3v) is 5.07. The van der Waals surface area contributed by atoms with E-state index in [1.807, 2.05) is 12.1 Å². The van der Waals surface area contributed by atoms with Crippen LogP contribution in [0.3, 0.4) is 0 Å². The molecule has 1 aromatic rings. The first-order valence-electron chi connectivity index (χ1n) is 7.65. The van der Waals surface area contributed by atoms with Crippen molar-refractivity contribution in [2.75, 3.05) is 31.2 Å². The van der Waals surface area contributed by atoms with Gasteiger partial charge in [-0.05, 0) is 37.4 Å². The van der Waals surface area contributed by atoms with Crippen molar-refractivity contribution in [3.8, 4) is 0 Å². The molecule has 1 aromatic carbocycles. The minimum atomic E-state index is -3.19. The summed E-state index contributed by atoms with van der Waals surface area (Å²) < 4.78 is 23.6. The Bertz CT molecular complexity index is 569. The second kappa shape index (κ2) is 6.79. The van der Waals surface area contributed by atoms with Crippen molar-refractivity contribution < 1.29 is 8.42 Å². The van der Waals surface area contributed by atoms with Crippen molar-refractivity contribution in [2.24, 2.45) is 5.92 Å². The number of nitrogens with one attached hydrogen (secondary N) is 1. The number of anilines is 1. The topological polar surface area (TPSA) is 49.4 Å². The van der Waals surface area contributed by atoms with E-state index in [1.54, 1.807) is 12.1 Å². The van der Waals surface area contributed by atoms with E-state index in [2.05, 4.69) is 24.1 Å². The molecule has 1 saturated heterocycles. The molecule has 0 saturated carbocycles. The second-order valence-electron chi connectivity index (χ2n) is 6.33. The molecule has 0 radical (unpaired) electrons. The monoisotopic (exact) mass is 310 g/mol. The van der Waals surface area contributed by atoms with E-state index in [1.165, 1.54) is 19.1 Å². The van der Waals surface area contributed by atoms with Gasteiger partial charge < -0.3 is 5.32 Å². The first-order chi connectivity index (χ1) is 9.88. The number of hydrogen-bond acceptors (Lipinski definition) is 4. The highest BCUT2D eigenvalue weighted by Gasteiger charge is 2.25. The van der Waals surface area contributed by atoms with Crippen LogP contribution in [-0.4, -0.2) is 45.2 Å². The lowest BCUT2D eigenvalue weighted by molar-refractivity contribution is 0.234. The number of hydrogen-bond donors (Lipinski definition) is 1. The largest absolute Gasteiger partial charge is 0.382 e. The van der Waals surface area contributed by atoms with Crippen LogP contribution in [-0.2, 0) is 9.84 Å². The molecule has 4 nitrogen and oxygen atoms in total. The Morgan fingerprint density at radius 1 is 1.33 bits per heavy atom. The summed E-state index contributed by atoms with van der Waals surface area (Å²) >= 11 is 0. The molecule has 1 fully saturated rings. The predicted octanol–water partition coefficient (Wildman–Crippen LogP) is 2.62. The molecule has 118 valence electrons. The quantitative estimate of drug-likeness (QED) is 0.877. The maximum Gasteiger partial charge on any atom is 0.177 e. The molecule has 1 aliphatic rings. The average Bonchev–Trinajstić information content (AvgIpc) is 2.82. The van der Waals surface area contributed by atoms with Crippen LogP contribution < -0.4 is 5.32 Å². The van der Waals surface area contributed by atoms with Crippen LogP contribution in [0.15, 0.2) is 29.2 Å². The summed E-state index contributed by atoms with van der Waals surface area (Å²) in [6.45, 7) is 7.54. The standard InChI is InChI=1S/C16H26N2O2S/c1-13(2)12-18-10-6-7-14(18)11-17-15-8-4-5-9-16(15)21(3,19)20/h4-5,8-9,13-14,17H,6-7,10-12H2,1-3H3/t14-/m1/s1. The number of rotatable bonds is 6. The van der Waals surface area contributed by atoms with Crippen molar-refractivity contribution >= 4 is 15.5 Å². The molecular formula is C16H26N2O2S. The van der Waals surface area contributed by atoms with E-state index in [9.17, 15) is 8.42 Å². The second-order valence-corrected chi connectivity index (χ2v) is 8.32. The third kappa shape index (κ3) is 4.45. The molecule has 0 aromatic heterocycles. The molecule has 21 heavy (non-hydrogen) atoms. The fraction of sp³-hybridized carbons (Fsp3) is 0.625. The molecule has 0 spiro atoms. The molecule has 1 N–H and O–H groups in total. The van der Waals surface area contributed by atoms with Gasteiger partial charge in [0.15, 0.2) is 9.84 Å². The molecular weight excluding hydrogens is 284 g/mol. The van der Waals surface area contributed by atoms with Crippen LogP contribution in [0.5, 0.6) is 0 Å². The summed E-state index contributed by atoms with van der Waals surface area (Å²) in [5.41, 5.74) is 0.719. The Hall–Kier alpha value is -1.07. The Balaban J connectivity index is 2.03. The summed E-state index contributed by atoms with van der Waals surface area (Å²) in [5.74, 6) is 0.661. The first kappa shape index (κ1) is 16.3. The molecule has 5 heteroatoms. The Kier molecular flexibility index (Phi) is 5.27. The number of likely N-dealkylation sites (tertiary alicyclic amines) is 1. The summed E-state index contributed by atoms with van der Waals surface area (Å²) in [5, 5.41) is 3.34. The number of benzene rings is 1. The molecule has 2 rings (SSSR count). The summed E-state index contributed by atoms with van der Waals surface area (Å²) in [6.07, 6.45) is 3.67. The lowest BCUT2D eigenvalue weighted by Gasteiger charge is -2.27. The molecule has 0 aliphatic carbocycles. The van der Waals surface area contributed by atoms with E-state index in [0.29, 0.717) is 16.9 Å². The fourth-order valence-corrected chi connectivity index (χ4v) is 3.86. The first-order valence-corrected chi connectivity index (χ1v) is 9.54. The smallest absolute Gasteiger partial charge is 0.177 e. The summed E-state index contributed by atoms with van der Waals surface area (Å²) in [6, 6.07) is 7.65. The molecule has 0 unspecified atom stereocenters. The predicted molar refractivity (Wildman–Crippen MR) is 87.5 cm³/mol. The van der Waals surface area contributed by atoms with E-state index >= 15 is 0 Å². The van der Waals surface area contributed by atoms with Crippen molar-refractivity contribution in [2.45, 2.75) is 37.6 Å². The van der Waals surface area contributed by atoms with E-state index in [0.717, 1.165) is 25.3 Å². The van der Waals surface area contributed by atoms with Gasteiger partial charge in [-0.1, -0.05) is 26.0 Å². The zero-order valence-corrected chi connectivity index (χ0v) is 14.0. The van der Waals surface area contributed by atoms with Crippen LogP contribution in [0.25, 0.3) is 0 Å². The number of sulfone groups is 1. The van der Waals surface area contributed by atoms with Gasteiger partial charge in [0.1, 0.15) is 0 Å². The highest BCUT2D eigenvalue weighted by molar-refractivity contribution is 7.90. The average molecular weight is 310 g/mol. The maximum absolute atomic E-state index is 11.8. The van der Waals surface area contributed by atoms with Crippen LogP contribution in [0.2, 0.25) is 0 Å². The fourth-order valence-electron chi connectivity index (χ4n) is 3.00. The third-order valence-electron chi connectivity index (χ3n) is 3.91. The molecule has 1 atom stereocenters. The van der Waals surface area contributed by atoms with Crippen molar-refractivity contribution in [3.63, 3.8) is 0 Å². The highest BCUT2D eigenvalue weighted by atomic mass is 32.2. The SMILES string of the molecule is CC(C)CN1CCC[C@@H]1CNc1ccccc1S(C)(=O)=O. The minimum absolute atomic E-state index is 0.387. The normalized spacial score (nSPS) is 20.1. The van der Waals surface area contributed by atoms with Gasteiger partial charge in [0.25, 0.3) is 0 Å². The molecule has 1 aliphatic heterocycles. The van der Waals surface area contributed by atoms with Crippen molar-refractivity contribution in [1.29, 1.82) is 0 Å². The van der Waals surface area contributed by atoms with E-state index in [-0.39, 0.29) is 0 Å². The van der Waals surface area contributed by atoms with Crippen LogP contribution in [0.4, 0.5) is 5.69 Å². The van der Waals surface area contributed by atoms with Gasteiger partial charge in [-0.2, -0.15) is 0 Å². The zero-order chi connectivity index (χ0) is 15.5. The Morgan fingerprint density at radius 2 is 2.05 bits per heavy atom. The van der Waals surface area contributed by atoms with Crippen molar-refractivity contribution in [3.05, 3.63) is 24.3 Å². The van der Waals surface area contributed by atoms with Gasteiger partial charge in [-0.15, -0.1) is 0 Å². The lowest BCUT2D eigenvalue weighted by Crippen LogP contribution is -2.37. The van der Waals surface area contributed by atoms with Gasteiger partial charge in [-0.3, -0.25) is 4.90 Å². The van der Waals surface area contributed by atoms with Crippen molar-refractivity contribution in [1.82, 2.24) is 4.90 Å². The van der Waals surface area contributed by atoms with Gasteiger partial charge in [-0.25, -0.2) is 8.42 Å². The van der Waals surface area contributed by atoms with E-state index < -0.39 is 9.84 Å². The van der Waals surface area contributed by atoms with Crippen LogP contribution in [0.1, 0.15) is 26.7 Å². The van der Waals surface area contributed by atoms with Gasteiger partial charge in [0.05, 0.1) is 10.6 Å². The highest BCUT2D eigenvalue weighted by Crippen LogP contribution is 2.23. The Morgan fingerprint density at radius 3 is 2.71 bits per heavy atom. The summed E-state index contributed by atoms with van der Waals surface area (Å²) in [4.78, 5) is 2.90. The van der Waals surface area contributed by atoms with Crippen LogP contribution in [0, 0.1) is 5.92 Å². The molecule has 0 bridgehead atoms. The number of nitrogens with zero attached hydrogens (tertiary/aromatic N) is 1. The van der Waals surface area contributed by atoms with Crippen LogP contribution >= 0.6 is 0 Å². The molecule has 1 heterocycles. The molecule has 0 amide bonds. The van der Waals surface area contributed by atoms with Gasteiger partial charge in [0, 0.05) is 25.4 Å². The zero-order valence-electron chi connectivity index (χ0n) is 13.2. The minimum Gasteiger partial charge on any atom is -0.382 e. The Labute approximate surface area is 128 Å². The van der Waals surface area contributed by atoms with Gasteiger partial charge in [0.2, 0.25) is 0 Å². The lowest BCUT2D eigenvalue weighted by atomic mass is 10.1. The maximum atomic E-state index is 11.8. The summed E-state index contributed by atoms with van der Waals surface area (Å²) in [7, 11) is -3.19. The van der Waals surface area contributed by atoms with E-state index in [4.69, 9.17) is 0 Å².